The van der Waals surface area contributed by atoms with Gasteiger partial charge in [-0.25, -0.2) is 4.79 Å². The van der Waals surface area contributed by atoms with Gasteiger partial charge in [0.2, 0.25) is 0 Å². The number of aliphatic hydroxyl groups excluding tert-OH is 1. The lowest BCUT2D eigenvalue weighted by molar-refractivity contribution is 0.0763. The highest BCUT2D eigenvalue weighted by molar-refractivity contribution is 5.65. The molecule has 3 unspecified atom stereocenters. The van der Waals surface area contributed by atoms with E-state index >= 15 is 0 Å². The van der Waals surface area contributed by atoms with Gasteiger partial charge in [-0.3, -0.25) is 0 Å². The summed E-state index contributed by atoms with van der Waals surface area (Å²) in [6.07, 6.45) is -1.79. The zero-order valence-corrected chi connectivity index (χ0v) is 5.80. The van der Waals surface area contributed by atoms with Gasteiger partial charge in [-0.15, -0.1) is 0 Å². The fourth-order valence-electron chi connectivity index (χ4n) is 1.42. The van der Waals surface area contributed by atoms with Gasteiger partial charge < -0.3 is 19.8 Å². The number of piperidine rings is 1. The number of amides is 1. The molecule has 11 heavy (non-hydrogen) atoms. The summed E-state index contributed by atoms with van der Waals surface area (Å²) in [5, 5.41) is 17.8. The molecule has 0 aromatic heterocycles. The monoisotopic (exact) mass is 159 g/mol. The van der Waals surface area contributed by atoms with Gasteiger partial charge in [0.1, 0.15) is 18.3 Å². The Hall–Kier alpha value is -0.810. The number of nitrogens with zero attached hydrogens (tertiary/aromatic N) is 1. The molecule has 0 spiro atoms. The molecule has 0 radical (unpaired) electrons. The van der Waals surface area contributed by atoms with Gasteiger partial charge in [0, 0.05) is 0 Å². The Balaban J connectivity index is 2.00. The van der Waals surface area contributed by atoms with Crippen LogP contribution >= 0.6 is 0 Å². The average molecular weight is 159 g/mol. The molecule has 1 amide bonds. The molecule has 2 N–H and O–H groups in total. The smallest absolute Gasteiger partial charge is 0.407 e. The zero-order valence-electron chi connectivity index (χ0n) is 5.80. The van der Waals surface area contributed by atoms with Crippen LogP contribution in [-0.2, 0) is 4.74 Å². The SMILES string of the molecule is O=C(O)N1CC(O)C2OC2C1. The van der Waals surface area contributed by atoms with Gasteiger partial charge >= 0.3 is 6.09 Å². The lowest BCUT2D eigenvalue weighted by Gasteiger charge is -2.24. The highest BCUT2D eigenvalue weighted by Gasteiger charge is 2.50. The summed E-state index contributed by atoms with van der Waals surface area (Å²) in [7, 11) is 0. The van der Waals surface area contributed by atoms with E-state index in [0.717, 1.165) is 0 Å². The van der Waals surface area contributed by atoms with Crippen molar-refractivity contribution in [3.8, 4) is 0 Å². The summed E-state index contributed by atoms with van der Waals surface area (Å²) in [6, 6.07) is 0. The van der Waals surface area contributed by atoms with Crippen molar-refractivity contribution in [2.24, 2.45) is 0 Å². The standard InChI is InChI=1S/C6H9NO4/c8-3-1-7(6(9)10)2-4-5(3)11-4/h3-5,8H,1-2H2,(H,9,10). The van der Waals surface area contributed by atoms with Crippen LogP contribution in [-0.4, -0.2) is 52.6 Å². The molecule has 5 heteroatoms. The highest BCUT2D eigenvalue weighted by atomic mass is 16.6. The molecule has 0 aromatic rings. The number of likely N-dealkylation sites (tertiary alicyclic amines) is 1. The summed E-state index contributed by atoms with van der Waals surface area (Å²) in [4.78, 5) is 11.6. The lowest BCUT2D eigenvalue weighted by Crippen LogP contribution is -2.45. The molecular formula is C6H9NO4. The van der Waals surface area contributed by atoms with Gasteiger partial charge in [-0.2, -0.15) is 0 Å². The first-order valence-corrected chi connectivity index (χ1v) is 3.50. The summed E-state index contributed by atoms with van der Waals surface area (Å²) in [6.45, 7) is 0.577. The molecule has 2 heterocycles. The van der Waals surface area contributed by atoms with Crippen molar-refractivity contribution in [3.63, 3.8) is 0 Å². The quantitative estimate of drug-likeness (QED) is 0.449. The van der Waals surface area contributed by atoms with Crippen LogP contribution in [0.5, 0.6) is 0 Å². The number of fused-ring (bicyclic) bond motifs is 1. The molecule has 0 bridgehead atoms. The number of carbonyl (C=O) groups is 1. The Kier molecular flexibility index (Phi) is 1.30. The normalized spacial score (nSPS) is 41.5. The molecule has 2 fully saturated rings. The molecule has 2 aliphatic heterocycles. The minimum atomic E-state index is -0.988. The number of hydrogen-bond donors (Lipinski definition) is 2. The Morgan fingerprint density at radius 3 is 2.82 bits per heavy atom. The minimum absolute atomic E-state index is 0.0603. The van der Waals surface area contributed by atoms with Crippen LogP contribution in [0.4, 0.5) is 4.79 Å². The number of aliphatic hydroxyl groups is 1. The first-order chi connectivity index (χ1) is 5.18. The molecule has 62 valence electrons. The lowest BCUT2D eigenvalue weighted by atomic mass is 10.1. The maximum absolute atomic E-state index is 10.4. The van der Waals surface area contributed by atoms with E-state index < -0.39 is 12.2 Å². The van der Waals surface area contributed by atoms with E-state index in [4.69, 9.17) is 9.84 Å². The van der Waals surface area contributed by atoms with Crippen molar-refractivity contribution in [2.45, 2.75) is 18.3 Å². The molecule has 0 aromatic carbocycles. The molecule has 0 aliphatic carbocycles. The van der Waals surface area contributed by atoms with Crippen LogP contribution in [0.3, 0.4) is 0 Å². The predicted molar refractivity (Wildman–Crippen MR) is 34.3 cm³/mol. The average Bonchev–Trinajstić information content (AvgIpc) is 2.66. The van der Waals surface area contributed by atoms with Crippen LogP contribution in [0.1, 0.15) is 0 Å². The number of rotatable bonds is 0. The van der Waals surface area contributed by atoms with Crippen molar-refractivity contribution in [1.82, 2.24) is 4.90 Å². The second kappa shape index (κ2) is 2.09. The van der Waals surface area contributed by atoms with Crippen molar-refractivity contribution in [1.29, 1.82) is 0 Å². The van der Waals surface area contributed by atoms with E-state index in [0.29, 0.717) is 6.54 Å². The Morgan fingerprint density at radius 2 is 2.27 bits per heavy atom. The summed E-state index contributed by atoms with van der Waals surface area (Å²) in [5.41, 5.74) is 0. The maximum Gasteiger partial charge on any atom is 0.407 e. The molecule has 0 saturated carbocycles. The Morgan fingerprint density at radius 1 is 1.55 bits per heavy atom. The topological polar surface area (TPSA) is 73.3 Å². The number of β-amino-alcohol motifs (C(OH)–C–C–N with tert-alkyl or cyclic N) is 1. The van der Waals surface area contributed by atoms with Crippen LogP contribution in [0.25, 0.3) is 0 Å². The van der Waals surface area contributed by atoms with Crippen molar-refractivity contribution in [2.75, 3.05) is 13.1 Å². The van der Waals surface area contributed by atoms with Crippen LogP contribution in [0.2, 0.25) is 0 Å². The summed E-state index contributed by atoms with van der Waals surface area (Å²) < 4.78 is 5.02. The van der Waals surface area contributed by atoms with Gasteiger partial charge in [0.25, 0.3) is 0 Å². The molecule has 5 nitrogen and oxygen atoms in total. The maximum atomic E-state index is 10.4. The van der Waals surface area contributed by atoms with Gasteiger partial charge in [-0.1, -0.05) is 0 Å². The molecule has 3 atom stereocenters. The van der Waals surface area contributed by atoms with E-state index in [-0.39, 0.29) is 18.8 Å². The van der Waals surface area contributed by atoms with Crippen molar-refractivity contribution < 1.29 is 19.7 Å². The Labute approximate surface area is 63.2 Å². The van der Waals surface area contributed by atoms with E-state index in [1.54, 1.807) is 0 Å². The van der Waals surface area contributed by atoms with E-state index in [2.05, 4.69) is 0 Å². The first kappa shape index (κ1) is 6.87. The van der Waals surface area contributed by atoms with E-state index in [1.165, 1.54) is 4.90 Å². The first-order valence-electron chi connectivity index (χ1n) is 3.50. The molecule has 2 rings (SSSR count). The number of epoxide rings is 1. The highest BCUT2D eigenvalue weighted by Crippen LogP contribution is 2.30. The predicted octanol–water partition coefficient (Wildman–Crippen LogP) is -0.892. The molecule has 2 aliphatic rings. The zero-order chi connectivity index (χ0) is 8.01. The third-order valence-electron chi connectivity index (χ3n) is 2.08. The van der Waals surface area contributed by atoms with Crippen LogP contribution in [0.15, 0.2) is 0 Å². The number of hydrogen-bond acceptors (Lipinski definition) is 3. The number of carboxylic acid groups (broad SMARTS) is 1. The second-order valence-corrected chi connectivity index (χ2v) is 2.89. The third-order valence-corrected chi connectivity index (χ3v) is 2.08. The molecule has 2 saturated heterocycles. The molecular weight excluding hydrogens is 150 g/mol. The fraction of sp³-hybridized carbons (Fsp3) is 0.833. The second-order valence-electron chi connectivity index (χ2n) is 2.89. The van der Waals surface area contributed by atoms with Gasteiger partial charge in [-0.05, 0) is 0 Å². The van der Waals surface area contributed by atoms with Crippen molar-refractivity contribution >= 4 is 6.09 Å². The Bertz CT molecular complexity index is 195. The van der Waals surface area contributed by atoms with E-state index in [9.17, 15) is 9.90 Å². The number of ether oxygens (including phenoxy) is 1. The summed E-state index contributed by atoms with van der Waals surface area (Å²) in [5.74, 6) is 0. The van der Waals surface area contributed by atoms with Crippen LogP contribution < -0.4 is 0 Å². The fourth-order valence-corrected chi connectivity index (χ4v) is 1.42. The summed E-state index contributed by atoms with van der Waals surface area (Å²) >= 11 is 0. The third kappa shape index (κ3) is 1.06. The van der Waals surface area contributed by atoms with Gasteiger partial charge in [0.15, 0.2) is 0 Å². The largest absolute Gasteiger partial charge is 0.465 e. The van der Waals surface area contributed by atoms with Gasteiger partial charge in [0.05, 0.1) is 13.1 Å². The van der Waals surface area contributed by atoms with Crippen molar-refractivity contribution in [3.05, 3.63) is 0 Å². The van der Waals surface area contributed by atoms with Crippen LogP contribution in [0, 0.1) is 0 Å². The minimum Gasteiger partial charge on any atom is -0.465 e. The van der Waals surface area contributed by atoms with E-state index in [1.807, 2.05) is 0 Å².